The molecule has 22 heavy (non-hydrogen) atoms. The van der Waals surface area contributed by atoms with Gasteiger partial charge in [0.25, 0.3) is 0 Å². The summed E-state index contributed by atoms with van der Waals surface area (Å²) < 4.78 is 19.8. The smallest absolute Gasteiger partial charge is 0.233 e. The van der Waals surface area contributed by atoms with Crippen molar-refractivity contribution in [2.24, 2.45) is 0 Å². The van der Waals surface area contributed by atoms with Crippen molar-refractivity contribution in [3.8, 4) is 0 Å². The molecule has 0 amide bonds. The summed E-state index contributed by atoms with van der Waals surface area (Å²) in [6.07, 6.45) is 0. The fraction of sp³-hybridized carbons (Fsp3) is 0.312. The van der Waals surface area contributed by atoms with Gasteiger partial charge in [-0.2, -0.15) is 4.39 Å². The molecule has 1 aromatic carbocycles. The maximum atomic E-state index is 13.5. The Kier molecular flexibility index (Phi) is 5.16. The molecule has 0 bridgehead atoms. The Morgan fingerprint density at radius 3 is 2.59 bits per heavy atom. The Morgan fingerprint density at radius 2 is 1.95 bits per heavy atom. The van der Waals surface area contributed by atoms with E-state index < -0.39 is 11.7 Å². The third-order valence-corrected chi connectivity index (χ3v) is 3.18. The molecule has 0 spiro atoms. The van der Waals surface area contributed by atoms with E-state index in [0.717, 1.165) is 11.6 Å². The Hall–Kier alpha value is -2.34. The Bertz CT molecular complexity index is 667. The van der Waals surface area contributed by atoms with Crippen LogP contribution in [0.2, 0.25) is 0 Å². The second-order valence-electron chi connectivity index (χ2n) is 5.00. The van der Waals surface area contributed by atoms with Gasteiger partial charge in [0.1, 0.15) is 18.9 Å². The van der Waals surface area contributed by atoms with Crippen molar-refractivity contribution in [2.45, 2.75) is 19.9 Å². The van der Waals surface area contributed by atoms with Crippen LogP contribution in [-0.2, 0) is 9.53 Å². The van der Waals surface area contributed by atoms with Crippen LogP contribution in [0.5, 0.6) is 0 Å². The minimum atomic E-state index is -0.724. The number of carbonyl (C=O) groups excluding carboxylic acids is 2. The highest BCUT2D eigenvalue weighted by atomic mass is 19.1. The predicted octanol–water partition coefficient (Wildman–Crippen LogP) is 2.42. The highest BCUT2D eigenvalue weighted by Gasteiger charge is 2.20. The van der Waals surface area contributed by atoms with Gasteiger partial charge in [-0.25, -0.2) is 0 Å². The van der Waals surface area contributed by atoms with Crippen molar-refractivity contribution < 1.29 is 18.7 Å². The second kappa shape index (κ2) is 7.09. The lowest BCUT2D eigenvalue weighted by atomic mass is 10.1. The minimum Gasteiger partial charge on any atom is -0.365 e. The van der Waals surface area contributed by atoms with Crippen molar-refractivity contribution in [3.63, 3.8) is 0 Å². The van der Waals surface area contributed by atoms with Crippen molar-refractivity contribution in [1.29, 1.82) is 0 Å². The molecule has 1 aromatic heterocycles. The molecular weight excluding hydrogens is 287 g/mol. The van der Waals surface area contributed by atoms with Crippen molar-refractivity contribution in [1.82, 2.24) is 9.78 Å². The van der Waals surface area contributed by atoms with E-state index in [9.17, 15) is 14.0 Å². The lowest BCUT2D eigenvalue weighted by Crippen LogP contribution is -2.20. The number of nitrogens with zero attached hydrogens (tertiary/aromatic N) is 2. The number of hydrogen-bond donors (Lipinski definition) is 0. The third kappa shape index (κ3) is 3.85. The maximum absolute atomic E-state index is 13.5. The van der Waals surface area contributed by atoms with Gasteiger partial charge in [-0.3, -0.25) is 14.3 Å². The first kappa shape index (κ1) is 16.0. The highest BCUT2D eigenvalue weighted by Crippen LogP contribution is 2.20. The van der Waals surface area contributed by atoms with E-state index in [4.69, 9.17) is 4.74 Å². The second-order valence-corrected chi connectivity index (χ2v) is 5.00. The number of halogens is 1. The summed E-state index contributed by atoms with van der Waals surface area (Å²) in [6.45, 7) is 2.77. The molecule has 0 fully saturated rings. The van der Waals surface area contributed by atoms with Gasteiger partial charge in [0.15, 0.2) is 5.78 Å². The topological polar surface area (TPSA) is 61.2 Å². The number of rotatable bonds is 7. The van der Waals surface area contributed by atoms with Crippen LogP contribution in [0.25, 0.3) is 0 Å². The van der Waals surface area contributed by atoms with Crippen LogP contribution in [0, 0.1) is 5.95 Å². The van der Waals surface area contributed by atoms with Gasteiger partial charge in [-0.15, -0.1) is 5.10 Å². The van der Waals surface area contributed by atoms with E-state index in [1.165, 1.54) is 11.6 Å². The van der Waals surface area contributed by atoms with E-state index in [0.29, 0.717) is 0 Å². The zero-order valence-electron chi connectivity index (χ0n) is 12.5. The van der Waals surface area contributed by atoms with Crippen LogP contribution >= 0.6 is 0 Å². The highest BCUT2D eigenvalue weighted by molar-refractivity contribution is 5.95. The number of Topliss-reactive ketones (excluding diaryl/α,β-unsaturated/α-hetero) is 2. The molecule has 0 aliphatic carbocycles. The molecule has 1 atom stereocenters. The van der Waals surface area contributed by atoms with E-state index >= 15 is 0 Å². The lowest BCUT2D eigenvalue weighted by molar-refractivity contribution is -0.121. The number of ether oxygens (including phenoxy) is 1. The van der Waals surface area contributed by atoms with Crippen LogP contribution in [-0.4, -0.2) is 34.6 Å². The van der Waals surface area contributed by atoms with Gasteiger partial charge in [0.05, 0.1) is 6.04 Å². The summed E-state index contributed by atoms with van der Waals surface area (Å²) in [5.74, 6) is -1.32. The molecule has 2 rings (SSSR count). The Labute approximate surface area is 127 Å². The molecule has 116 valence electrons. The van der Waals surface area contributed by atoms with E-state index in [-0.39, 0.29) is 30.7 Å². The van der Waals surface area contributed by atoms with E-state index in [1.807, 2.05) is 37.3 Å². The molecule has 0 unspecified atom stereocenters. The molecule has 0 saturated heterocycles. The average molecular weight is 304 g/mol. The van der Waals surface area contributed by atoms with Gasteiger partial charge < -0.3 is 4.74 Å². The van der Waals surface area contributed by atoms with Crippen LogP contribution < -0.4 is 0 Å². The molecule has 5 nitrogen and oxygen atoms in total. The van der Waals surface area contributed by atoms with Crippen molar-refractivity contribution in [2.75, 3.05) is 13.2 Å². The van der Waals surface area contributed by atoms with Gasteiger partial charge in [-0.1, -0.05) is 30.3 Å². The molecule has 0 aliphatic rings. The standard InChI is InChI=1S/C16H17FN2O3/c1-11(20)9-22-10-15(21)14-8-16(17)18-19(14)12(2)13-6-4-3-5-7-13/h3-8,12H,9-10H2,1-2H3/t12-/m1/s1. The van der Waals surface area contributed by atoms with Crippen LogP contribution in [0.3, 0.4) is 0 Å². The fourth-order valence-electron chi connectivity index (χ4n) is 2.10. The first-order chi connectivity index (χ1) is 10.5. The van der Waals surface area contributed by atoms with Crippen LogP contribution in [0.4, 0.5) is 4.39 Å². The number of benzene rings is 1. The number of ketones is 2. The zero-order chi connectivity index (χ0) is 16.1. The largest absolute Gasteiger partial charge is 0.365 e. The van der Waals surface area contributed by atoms with E-state index in [1.54, 1.807) is 0 Å². The van der Waals surface area contributed by atoms with E-state index in [2.05, 4.69) is 5.10 Å². The molecular formula is C16H17FN2O3. The molecule has 0 saturated carbocycles. The molecule has 0 aliphatic heterocycles. The molecule has 0 N–H and O–H groups in total. The first-order valence-electron chi connectivity index (χ1n) is 6.89. The number of aromatic nitrogens is 2. The molecule has 2 aromatic rings. The molecule has 0 radical (unpaired) electrons. The monoisotopic (exact) mass is 304 g/mol. The van der Waals surface area contributed by atoms with Gasteiger partial charge in [0.2, 0.25) is 11.7 Å². The lowest BCUT2D eigenvalue weighted by Gasteiger charge is -2.15. The normalized spacial score (nSPS) is 12.1. The van der Waals surface area contributed by atoms with Gasteiger partial charge in [0, 0.05) is 6.07 Å². The fourth-order valence-corrected chi connectivity index (χ4v) is 2.10. The minimum absolute atomic E-state index is 0.123. The quantitative estimate of drug-likeness (QED) is 0.737. The first-order valence-corrected chi connectivity index (χ1v) is 6.89. The summed E-state index contributed by atoms with van der Waals surface area (Å²) >= 11 is 0. The predicted molar refractivity (Wildman–Crippen MR) is 78.3 cm³/mol. The average Bonchev–Trinajstić information content (AvgIpc) is 2.89. The van der Waals surface area contributed by atoms with Crippen LogP contribution in [0.1, 0.15) is 35.9 Å². The molecule has 6 heteroatoms. The maximum Gasteiger partial charge on any atom is 0.233 e. The summed E-state index contributed by atoms with van der Waals surface area (Å²) in [5, 5.41) is 3.76. The van der Waals surface area contributed by atoms with Gasteiger partial charge >= 0.3 is 0 Å². The SMILES string of the molecule is CC(=O)COCC(=O)c1cc(F)nn1[C@H](C)c1ccccc1. The number of carbonyl (C=O) groups is 2. The third-order valence-electron chi connectivity index (χ3n) is 3.18. The van der Waals surface area contributed by atoms with Crippen molar-refractivity contribution in [3.05, 3.63) is 53.6 Å². The van der Waals surface area contributed by atoms with Crippen molar-refractivity contribution >= 4 is 11.6 Å². The zero-order valence-corrected chi connectivity index (χ0v) is 12.5. The van der Waals surface area contributed by atoms with Crippen LogP contribution in [0.15, 0.2) is 36.4 Å². The summed E-state index contributed by atoms with van der Waals surface area (Å²) in [4.78, 5) is 22.9. The van der Waals surface area contributed by atoms with Gasteiger partial charge in [-0.05, 0) is 19.4 Å². The summed E-state index contributed by atoms with van der Waals surface area (Å²) in [7, 11) is 0. The Morgan fingerprint density at radius 1 is 1.27 bits per heavy atom. The summed E-state index contributed by atoms with van der Waals surface area (Å²) in [6, 6.07) is 10.2. The molecule has 1 heterocycles. The number of hydrogen-bond acceptors (Lipinski definition) is 4. The Balaban J connectivity index is 2.19. The summed E-state index contributed by atoms with van der Waals surface area (Å²) in [5.41, 5.74) is 1.03.